The maximum absolute atomic E-state index is 4.30. The van der Waals surface area contributed by atoms with Gasteiger partial charge in [0.25, 0.3) is 0 Å². The smallest absolute Gasteiger partial charge is 0.0713 e. The van der Waals surface area contributed by atoms with E-state index in [1.165, 1.54) is 24.1 Å². The molecule has 0 aromatic rings. The van der Waals surface area contributed by atoms with Crippen LogP contribution in [0.4, 0.5) is 0 Å². The molecule has 0 aromatic heterocycles. The highest BCUT2D eigenvalue weighted by Gasteiger charge is 2.28. The van der Waals surface area contributed by atoms with Gasteiger partial charge in [0.15, 0.2) is 0 Å². The lowest BCUT2D eigenvalue weighted by molar-refractivity contribution is 0.244. The minimum atomic E-state index is 0.346. The summed E-state index contributed by atoms with van der Waals surface area (Å²) in [5.74, 6) is 0. The molecule has 1 aliphatic rings. The van der Waals surface area contributed by atoms with Crippen LogP contribution in [0.5, 0.6) is 0 Å². The maximum atomic E-state index is 4.30. The van der Waals surface area contributed by atoms with E-state index in [1.807, 2.05) is 6.08 Å². The van der Waals surface area contributed by atoms with Crippen molar-refractivity contribution in [2.75, 3.05) is 6.54 Å². The Balaban J connectivity index is 2.99. The zero-order chi connectivity index (χ0) is 14.3. The first-order chi connectivity index (χ1) is 9.19. The van der Waals surface area contributed by atoms with E-state index in [2.05, 4.69) is 43.6 Å². The molecule has 0 saturated carbocycles. The van der Waals surface area contributed by atoms with Crippen molar-refractivity contribution in [3.05, 3.63) is 36.2 Å². The van der Waals surface area contributed by atoms with Gasteiger partial charge in [-0.05, 0) is 31.6 Å². The first kappa shape index (κ1) is 15.7. The van der Waals surface area contributed by atoms with Gasteiger partial charge in [-0.25, -0.2) is 0 Å². The van der Waals surface area contributed by atoms with E-state index >= 15 is 0 Å². The summed E-state index contributed by atoms with van der Waals surface area (Å²) in [6.07, 6.45) is 8.71. The summed E-state index contributed by atoms with van der Waals surface area (Å²) in [5, 5.41) is 0. The average Bonchev–Trinajstić information content (AvgIpc) is 2.43. The first-order valence-corrected chi connectivity index (χ1v) is 7.46. The lowest BCUT2D eigenvalue weighted by atomic mass is 9.93. The second-order valence-electron chi connectivity index (χ2n) is 5.19. The lowest BCUT2D eigenvalue weighted by Gasteiger charge is -2.39. The van der Waals surface area contributed by atoms with Crippen molar-refractivity contribution < 1.29 is 0 Å². The van der Waals surface area contributed by atoms with Gasteiger partial charge in [0.2, 0.25) is 0 Å². The number of nitrogens with zero attached hydrogens (tertiary/aromatic N) is 2. The topological polar surface area (TPSA) is 15.6 Å². The van der Waals surface area contributed by atoms with E-state index in [1.54, 1.807) is 0 Å². The molecule has 0 saturated heterocycles. The Morgan fingerprint density at radius 1 is 1.42 bits per heavy atom. The molecule has 1 aliphatic heterocycles. The van der Waals surface area contributed by atoms with Crippen LogP contribution in [0.25, 0.3) is 0 Å². The quantitative estimate of drug-likeness (QED) is 0.577. The van der Waals surface area contributed by atoms with E-state index in [9.17, 15) is 0 Å². The van der Waals surface area contributed by atoms with Gasteiger partial charge in [-0.15, -0.1) is 0 Å². The highest BCUT2D eigenvalue weighted by molar-refractivity contribution is 5.38. The largest absolute Gasteiger partial charge is 0.366 e. The van der Waals surface area contributed by atoms with E-state index in [0.29, 0.717) is 6.04 Å². The third-order valence-electron chi connectivity index (χ3n) is 3.84. The van der Waals surface area contributed by atoms with Gasteiger partial charge < -0.3 is 4.90 Å². The summed E-state index contributed by atoms with van der Waals surface area (Å²) in [6.45, 7) is 17.4. The minimum Gasteiger partial charge on any atom is -0.366 e. The number of rotatable bonds is 8. The fraction of sp³-hybridized carbons (Fsp3) is 0.588. The van der Waals surface area contributed by atoms with Crippen LogP contribution in [-0.2, 0) is 0 Å². The molecule has 1 rings (SSSR count). The van der Waals surface area contributed by atoms with Crippen molar-refractivity contribution in [3.8, 4) is 0 Å². The molecular weight excluding hydrogens is 232 g/mol. The maximum Gasteiger partial charge on any atom is 0.0713 e. The van der Waals surface area contributed by atoms with Crippen LogP contribution in [0.2, 0.25) is 0 Å². The summed E-state index contributed by atoms with van der Waals surface area (Å²) in [4.78, 5) is 6.74. The van der Waals surface area contributed by atoms with Crippen molar-refractivity contribution in [3.63, 3.8) is 0 Å². The Bertz CT molecular complexity index is 365. The number of aliphatic imine (C=N–C) groups is 1. The van der Waals surface area contributed by atoms with Crippen LogP contribution in [0, 0.1) is 0 Å². The summed E-state index contributed by atoms with van der Waals surface area (Å²) >= 11 is 0. The molecule has 0 aliphatic carbocycles. The Hall–Kier alpha value is -1.31. The van der Waals surface area contributed by atoms with Gasteiger partial charge in [-0.1, -0.05) is 52.3 Å². The molecule has 0 N–H and O–H groups in total. The number of hydrogen-bond donors (Lipinski definition) is 0. The lowest BCUT2D eigenvalue weighted by Crippen LogP contribution is -2.40. The zero-order valence-electron chi connectivity index (χ0n) is 12.6. The molecular formula is C17H28N2. The fourth-order valence-corrected chi connectivity index (χ4v) is 2.80. The van der Waals surface area contributed by atoms with Crippen molar-refractivity contribution in [1.82, 2.24) is 4.90 Å². The Kier molecular flexibility index (Phi) is 6.61. The van der Waals surface area contributed by atoms with Crippen LogP contribution < -0.4 is 0 Å². The minimum absolute atomic E-state index is 0.346. The van der Waals surface area contributed by atoms with E-state index in [-0.39, 0.29) is 0 Å². The molecule has 0 amide bonds. The second-order valence-corrected chi connectivity index (χ2v) is 5.19. The predicted molar refractivity (Wildman–Crippen MR) is 85.5 cm³/mol. The molecule has 106 valence electrons. The van der Waals surface area contributed by atoms with Crippen molar-refractivity contribution >= 4 is 6.72 Å². The van der Waals surface area contributed by atoms with Crippen LogP contribution >= 0.6 is 0 Å². The van der Waals surface area contributed by atoms with Crippen molar-refractivity contribution in [1.29, 1.82) is 0 Å². The monoisotopic (exact) mass is 260 g/mol. The van der Waals surface area contributed by atoms with Gasteiger partial charge in [0.05, 0.1) is 11.7 Å². The molecule has 1 heterocycles. The number of allylic oxidation sites excluding steroid dienone is 2. The SMILES string of the molecule is C=CC1=C(N=C)C(CCCC)N(C(=C)CCC)CC1. The average molecular weight is 260 g/mol. The molecule has 19 heavy (non-hydrogen) atoms. The van der Waals surface area contributed by atoms with Gasteiger partial charge in [-0.2, -0.15) is 0 Å². The molecule has 0 spiro atoms. The molecule has 0 fully saturated rings. The summed E-state index contributed by atoms with van der Waals surface area (Å²) in [5.41, 5.74) is 3.62. The fourth-order valence-electron chi connectivity index (χ4n) is 2.80. The molecule has 0 radical (unpaired) electrons. The van der Waals surface area contributed by atoms with E-state index < -0.39 is 0 Å². The normalized spacial score (nSPS) is 19.5. The van der Waals surface area contributed by atoms with Gasteiger partial charge in [0.1, 0.15) is 0 Å². The third-order valence-corrected chi connectivity index (χ3v) is 3.84. The highest BCUT2D eigenvalue weighted by Crippen LogP contribution is 2.32. The van der Waals surface area contributed by atoms with Gasteiger partial charge >= 0.3 is 0 Å². The first-order valence-electron chi connectivity index (χ1n) is 7.46. The number of unbranched alkanes of at least 4 members (excludes halogenated alkanes) is 1. The van der Waals surface area contributed by atoms with Crippen LogP contribution in [0.15, 0.2) is 41.2 Å². The van der Waals surface area contributed by atoms with Gasteiger partial charge in [0, 0.05) is 12.2 Å². The summed E-state index contributed by atoms with van der Waals surface area (Å²) in [6, 6.07) is 0.346. The molecule has 1 atom stereocenters. The third kappa shape index (κ3) is 3.82. The van der Waals surface area contributed by atoms with Crippen molar-refractivity contribution in [2.45, 2.75) is 58.4 Å². The van der Waals surface area contributed by atoms with E-state index in [4.69, 9.17) is 0 Å². The molecule has 2 heteroatoms. The number of hydrogen-bond acceptors (Lipinski definition) is 2. The standard InChI is InChI=1S/C17H28N2/c1-6-9-11-16-17(18-5)15(8-3)12-13-19(16)14(4)10-7-2/h8,16H,3-7,9-13H2,1-2H3. The Morgan fingerprint density at radius 2 is 2.16 bits per heavy atom. The van der Waals surface area contributed by atoms with Crippen LogP contribution in [-0.4, -0.2) is 24.2 Å². The van der Waals surface area contributed by atoms with Gasteiger partial charge in [-0.3, -0.25) is 4.99 Å². The molecule has 1 unspecified atom stereocenters. The molecule has 0 aromatic carbocycles. The zero-order valence-corrected chi connectivity index (χ0v) is 12.6. The summed E-state index contributed by atoms with van der Waals surface area (Å²) in [7, 11) is 0. The second kappa shape index (κ2) is 7.98. The van der Waals surface area contributed by atoms with E-state index in [0.717, 1.165) is 37.9 Å². The Labute approximate surface area is 118 Å². The molecule has 0 bridgehead atoms. The van der Waals surface area contributed by atoms with Crippen LogP contribution in [0.1, 0.15) is 52.4 Å². The molecule has 2 nitrogen and oxygen atoms in total. The summed E-state index contributed by atoms with van der Waals surface area (Å²) < 4.78 is 0. The predicted octanol–water partition coefficient (Wildman–Crippen LogP) is 4.71. The van der Waals surface area contributed by atoms with Crippen LogP contribution in [0.3, 0.4) is 0 Å². The van der Waals surface area contributed by atoms with Crippen molar-refractivity contribution in [2.24, 2.45) is 4.99 Å². The Morgan fingerprint density at radius 3 is 2.68 bits per heavy atom. The highest BCUT2D eigenvalue weighted by atomic mass is 15.2.